The van der Waals surface area contributed by atoms with Gasteiger partial charge < -0.3 is 29.9 Å². The normalized spacial score (nSPS) is 17.8. The van der Waals surface area contributed by atoms with E-state index in [4.69, 9.17) is 14.0 Å². The lowest BCUT2D eigenvalue weighted by molar-refractivity contribution is -0.129. The maximum absolute atomic E-state index is 15.0. The van der Waals surface area contributed by atoms with Crippen LogP contribution in [-0.2, 0) is 26.2 Å². The van der Waals surface area contributed by atoms with E-state index >= 15 is 4.39 Å². The van der Waals surface area contributed by atoms with Gasteiger partial charge in [0.05, 0.1) is 7.11 Å². The predicted octanol–water partition coefficient (Wildman–Crippen LogP) is 3.35. The number of carbonyl (C=O) groups excluding carboxylic acids is 3. The molecule has 0 saturated carbocycles. The number of carbonyl (C=O) groups is 3. The predicted molar refractivity (Wildman–Crippen MR) is 164 cm³/mol. The van der Waals surface area contributed by atoms with Gasteiger partial charge in [-0.15, -0.1) is 0 Å². The number of fused-ring (bicyclic) bond motifs is 16. The molecular weight excluding hydrogens is 621 g/mol. The first-order valence-corrected chi connectivity index (χ1v) is 16.3. The Kier molecular flexibility index (Phi) is 11.4. The van der Waals surface area contributed by atoms with Gasteiger partial charge in [-0.25, -0.2) is 12.8 Å². The number of rotatable bonds is 4. The number of hydrogen-bond donors (Lipinski definition) is 3. The molecule has 0 saturated heterocycles. The van der Waals surface area contributed by atoms with Crippen molar-refractivity contribution in [2.45, 2.75) is 63.9 Å². The smallest absolute Gasteiger partial charge is 0.251 e. The molecule has 0 spiro atoms. The van der Waals surface area contributed by atoms with E-state index in [2.05, 4.69) is 21.1 Å². The summed E-state index contributed by atoms with van der Waals surface area (Å²) in [4.78, 5) is 38.6. The Hall–Kier alpha value is -4.50. The Labute approximate surface area is 266 Å². The number of methoxy groups -OCH3 is 1. The maximum Gasteiger partial charge on any atom is 0.251 e. The average molecular weight is 660 g/mol. The first kappa shape index (κ1) is 34.4. The van der Waals surface area contributed by atoms with Crippen molar-refractivity contribution in [2.75, 3.05) is 26.7 Å². The number of aryl methyl sites for hydroxylation is 2. The van der Waals surface area contributed by atoms with Crippen LogP contribution in [0.3, 0.4) is 0 Å². The van der Waals surface area contributed by atoms with Crippen molar-refractivity contribution in [2.24, 2.45) is 0 Å². The van der Waals surface area contributed by atoms with Crippen LogP contribution in [0.5, 0.6) is 17.2 Å². The summed E-state index contributed by atoms with van der Waals surface area (Å²) in [5.41, 5.74) is 0.880. The molecule has 0 radical (unpaired) electrons. The number of nitrogens with one attached hydrogen (secondary N) is 3. The molecule has 1 atom stereocenters. The molecule has 3 aromatic rings. The van der Waals surface area contributed by atoms with Crippen LogP contribution in [0.15, 0.2) is 45.8 Å². The summed E-state index contributed by atoms with van der Waals surface area (Å²) in [7, 11) is -2.64. The van der Waals surface area contributed by atoms with E-state index in [1.807, 2.05) is 0 Å². The minimum absolute atomic E-state index is 0.00267. The van der Waals surface area contributed by atoms with Gasteiger partial charge in [0.25, 0.3) is 5.91 Å². The number of sulfonamides is 1. The number of halogens is 1. The van der Waals surface area contributed by atoms with Crippen LogP contribution in [0.25, 0.3) is 0 Å². The molecule has 3 amide bonds. The zero-order valence-electron chi connectivity index (χ0n) is 26.1. The van der Waals surface area contributed by atoms with Crippen molar-refractivity contribution in [3.8, 4) is 17.2 Å². The number of aromatic nitrogens is 1. The molecule has 3 heterocycles. The Morgan fingerprint density at radius 2 is 1.80 bits per heavy atom. The monoisotopic (exact) mass is 659 g/mol. The lowest BCUT2D eigenvalue weighted by Gasteiger charge is -2.22. The molecular formula is C31H38FN5O8S. The molecule has 2 aliphatic heterocycles. The van der Waals surface area contributed by atoms with E-state index in [9.17, 15) is 22.8 Å². The first-order chi connectivity index (χ1) is 21.9. The molecule has 3 N–H and O–H groups in total. The lowest BCUT2D eigenvalue weighted by atomic mass is 10.1. The van der Waals surface area contributed by atoms with Crippen molar-refractivity contribution >= 4 is 27.7 Å². The number of ether oxygens (including phenoxy) is 2. The molecule has 1 aromatic heterocycles. The zero-order chi connectivity index (χ0) is 33.4. The molecule has 15 heteroatoms. The molecule has 4 bridgehead atoms. The van der Waals surface area contributed by atoms with E-state index in [0.717, 1.165) is 0 Å². The second-order valence-corrected chi connectivity index (χ2v) is 12.6. The van der Waals surface area contributed by atoms with Crippen LogP contribution in [0.4, 0.5) is 4.39 Å². The summed E-state index contributed by atoms with van der Waals surface area (Å²) in [5, 5.41) is 11.9. The highest BCUT2D eigenvalue weighted by Gasteiger charge is 2.31. The molecule has 2 aliphatic rings. The number of amides is 3. The third-order valence-corrected chi connectivity index (χ3v) is 9.56. The Bertz CT molecular complexity index is 1670. The van der Waals surface area contributed by atoms with Gasteiger partial charge in [-0.2, -0.15) is 4.31 Å². The standard InChI is InChI=1S/C31H38FN5O8S/c1-5-24-31(40)34-18-21-9-11-25(23(32)16-21)44-27-17-22(10-12-26(27)43-4)30(39)33-13-7-15-37(14-6-8-28(38)35-24)46(41,42)29-19(2)36-45-20(29)3/h9-12,16-17,24H,5-8,13-15,18H2,1-4H3,(H,33,39)(H,34,40)(H,35,38)/t24-/m0/s1. The van der Waals surface area contributed by atoms with Crippen molar-refractivity contribution < 1.29 is 41.2 Å². The van der Waals surface area contributed by atoms with Crippen molar-refractivity contribution in [1.29, 1.82) is 0 Å². The Morgan fingerprint density at radius 3 is 2.48 bits per heavy atom. The van der Waals surface area contributed by atoms with Gasteiger partial charge in [-0.3, -0.25) is 14.4 Å². The average Bonchev–Trinajstić information content (AvgIpc) is 3.38. The van der Waals surface area contributed by atoms with Gasteiger partial charge >= 0.3 is 0 Å². The number of benzene rings is 2. The summed E-state index contributed by atoms with van der Waals surface area (Å²) >= 11 is 0. The quantitative estimate of drug-likeness (QED) is 0.380. The molecule has 13 nitrogen and oxygen atoms in total. The van der Waals surface area contributed by atoms with Gasteiger partial charge in [0.1, 0.15) is 16.6 Å². The van der Waals surface area contributed by atoms with Gasteiger partial charge in [0.15, 0.2) is 28.8 Å². The summed E-state index contributed by atoms with van der Waals surface area (Å²) in [5.74, 6) is -1.64. The minimum Gasteiger partial charge on any atom is -0.493 e. The third kappa shape index (κ3) is 8.20. The number of hydrogen-bond acceptors (Lipinski definition) is 9. The molecule has 0 unspecified atom stereocenters. The van der Waals surface area contributed by atoms with Crippen LogP contribution >= 0.6 is 0 Å². The molecule has 46 heavy (non-hydrogen) atoms. The fraction of sp³-hybridized carbons (Fsp3) is 0.419. The first-order valence-electron chi connectivity index (χ1n) is 14.9. The summed E-state index contributed by atoms with van der Waals surface area (Å²) in [6.07, 6.45) is 0.674. The number of nitrogens with zero attached hydrogens (tertiary/aromatic N) is 2. The fourth-order valence-corrected chi connectivity index (χ4v) is 6.79. The maximum atomic E-state index is 15.0. The van der Waals surface area contributed by atoms with Crippen LogP contribution in [0, 0.1) is 19.7 Å². The van der Waals surface area contributed by atoms with E-state index in [1.54, 1.807) is 13.0 Å². The van der Waals surface area contributed by atoms with E-state index in [1.165, 1.54) is 55.6 Å². The highest BCUT2D eigenvalue weighted by atomic mass is 32.2. The van der Waals surface area contributed by atoms with Crippen molar-refractivity contribution in [3.63, 3.8) is 0 Å². The lowest BCUT2D eigenvalue weighted by Crippen LogP contribution is -2.46. The molecule has 2 aromatic carbocycles. The molecule has 0 aliphatic carbocycles. The Morgan fingerprint density at radius 1 is 1.04 bits per heavy atom. The minimum atomic E-state index is -4.05. The SMILES string of the molecule is CC[C@@H]1NC(=O)CCCN(S(=O)(=O)c2c(C)noc2C)CCCNC(=O)c2ccc(OC)c(c2)Oc2ccc(cc2F)CNC1=O. The van der Waals surface area contributed by atoms with Crippen LogP contribution < -0.4 is 25.4 Å². The topological polar surface area (TPSA) is 169 Å². The van der Waals surface area contributed by atoms with E-state index in [-0.39, 0.29) is 84.6 Å². The summed E-state index contributed by atoms with van der Waals surface area (Å²) < 4.78 is 59.7. The fourth-order valence-electron chi connectivity index (χ4n) is 4.98. The Balaban J connectivity index is 1.61. The molecule has 0 fully saturated rings. The molecule has 248 valence electrons. The van der Waals surface area contributed by atoms with Gasteiger partial charge in [-0.05, 0) is 69.0 Å². The van der Waals surface area contributed by atoms with E-state index < -0.39 is 39.6 Å². The van der Waals surface area contributed by atoms with Gasteiger partial charge in [-0.1, -0.05) is 18.1 Å². The highest BCUT2D eigenvalue weighted by Crippen LogP contribution is 2.34. The van der Waals surface area contributed by atoms with Crippen molar-refractivity contribution in [1.82, 2.24) is 25.4 Å². The van der Waals surface area contributed by atoms with Crippen LogP contribution in [-0.4, -0.2) is 68.4 Å². The van der Waals surface area contributed by atoms with Gasteiger partial charge in [0, 0.05) is 38.2 Å². The third-order valence-electron chi connectivity index (χ3n) is 7.42. The second kappa shape index (κ2) is 15.2. The second-order valence-electron chi connectivity index (χ2n) is 10.7. The largest absolute Gasteiger partial charge is 0.493 e. The van der Waals surface area contributed by atoms with Crippen LogP contribution in [0.2, 0.25) is 0 Å². The molecule has 5 rings (SSSR count). The summed E-state index contributed by atoms with van der Waals surface area (Å²) in [6, 6.07) is 7.82. The van der Waals surface area contributed by atoms with Crippen LogP contribution in [0.1, 0.15) is 60.0 Å². The van der Waals surface area contributed by atoms with E-state index in [0.29, 0.717) is 12.0 Å². The van der Waals surface area contributed by atoms with Crippen molar-refractivity contribution in [3.05, 3.63) is 64.8 Å². The highest BCUT2D eigenvalue weighted by molar-refractivity contribution is 7.89. The summed E-state index contributed by atoms with van der Waals surface area (Å²) in [6.45, 7) is 4.92. The van der Waals surface area contributed by atoms with Gasteiger partial charge in [0.2, 0.25) is 21.8 Å². The zero-order valence-corrected chi connectivity index (χ0v) is 27.0.